The molecule has 1 heterocycles. The fourth-order valence-electron chi connectivity index (χ4n) is 1.69. The first-order valence-corrected chi connectivity index (χ1v) is 5.94. The van der Waals surface area contributed by atoms with Crippen molar-refractivity contribution in [1.82, 2.24) is 14.3 Å². The summed E-state index contributed by atoms with van der Waals surface area (Å²) in [6.07, 6.45) is 0. The molecule has 0 saturated heterocycles. The van der Waals surface area contributed by atoms with Crippen LogP contribution in [0, 0.1) is 6.92 Å². The SMILES string of the molecule is Cc1nn(-c2ccc(Cl)cc2)c(=O)n1CCN=[N+]=[N-]. The molecule has 0 aliphatic carbocycles. The minimum Gasteiger partial charge on any atom is -0.279 e. The topological polar surface area (TPSA) is 88.6 Å². The summed E-state index contributed by atoms with van der Waals surface area (Å²) < 4.78 is 2.75. The Morgan fingerprint density at radius 1 is 1.42 bits per heavy atom. The number of azide groups is 1. The van der Waals surface area contributed by atoms with Gasteiger partial charge in [-0.1, -0.05) is 16.7 Å². The fraction of sp³-hybridized carbons (Fsp3) is 0.273. The molecular formula is C11H11ClN6O. The average Bonchev–Trinajstić information content (AvgIpc) is 2.68. The molecule has 2 rings (SSSR count). The molecule has 0 unspecified atom stereocenters. The number of halogens is 1. The van der Waals surface area contributed by atoms with Crippen molar-refractivity contribution in [3.63, 3.8) is 0 Å². The second-order valence-corrected chi connectivity index (χ2v) is 4.26. The van der Waals surface area contributed by atoms with Crippen molar-refractivity contribution in [3.8, 4) is 5.69 Å². The Balaban J connectivity index is 2.38. The number of benzene rings is 1. The Labute approximate surface area is 113 Å². The van der Waals surface area contributed by atoms with Gasteiger partial charge in [-0.25, -0.2) is 4.79 Å². The largest absolute Gasteiger partial charge is 0.350 e. The third-order valence-electron chi connectivity index (χ3n) is 2.61. The number of aromatic nitrogens is 3. The van der Waals surface area contributed by atoms with Gasteiger partial charge in [-0.05, 0) is 36.7 Å². The van der Waals surface area contributed by atoms with Crippen LogP contribution in [0.5, 0.6) is 0 Å². The molecule has 98 valence electrons. The summed E-state index contributed by atoms with van der Waals surface area (Å²) in [4.78, 5) is 14.8. The number of nitrogens with zero attached hydrogens (tertiary/aromatic N) is 6. The van der Waals surface area contributed by atoms with E-state index in [2.05, 4.69) is 15.1 Å². The normalized spacial score (nSPS) is 10.2. The predicted molar refractivity (Wildman–Crippen MR) is 71.6 cm³/mol. The van der Waals surface area contributed by atoms with E-state index in [0.29, 0.717) is 23.1 Å². The molecule has 1 aromatic carbocycles. The first-order valence-electron chi connectivity index (χ1n) is 5.56. The molecule has 7 nitrogen and oxygen atoms in total. The summed E-state index contributed by atoms with van der Waals surface area (Å²) in [6.45, 7) is 2.25. The predicted octanol–water partition coefficient (Wildman–Crippen LogP) is 2.31. The molecule has 0 spiro atoms. The molecule has 0 aliphatic rings. The number of hydrogen-bond acceptors (Lipinski definition) is 3. The number of aryl methyl sites for hydroxylation is 1. The Hall–Kier alpha value is -2.24. The van der Waals surface area contributed by atoms with Gasteiger partial charge in [-0.2, -0.15) is 9.78 Å². The van der Waals surface area contributed by atoms with Crippen LogP contribution in [0.15, 0.2) is 34.2 Å². The highest BCUT2D eigenvalue weighted by atomic mass is 35.5. The van der Waals surface area contributed by atoms with Gasteiger partial charge in [0.1, 0.15) is 5.82 Å². The van der Waals surface area contributed by atoms with E-state index < -0.39 is 0 Å². The van der Waals surface area contributed by atoms with Gasteiger partial charge < -0.3 is 0 Å². The summed E-state index contributed by atoms with van der Waals surface area (Å²) in [5.74, 6) is 0.563. The minimum atomic E-state index is -0.270. The lowest BCUT2D eigenvalue weighted by atomic mass is 10.3. The second kappa shape index (κ2) is 5.60. The summed E-state index contributed by atoms with van der Waals surface area (Å²) in [5.41, 5.74) is 8.60. The highest BCUT2D eigenvalue weighted by Crippen LogP contribution is 2.11. The van der Waals surface area contributed by atoms with Crippen molar-refractivity contribution in [2.45, 2.75) is 13.5 Å². The Bertz CT molecular complexity index is 680. The quantitative estimate of drug-likeness (QED) is 0.488. The van der Waals surface area contributed by atoms with Crippen molar-refractivity contribution >= 4 is 11.6 Å². The van der Waals surface area contributed by atoms with Gasteiger partial charge in [-0.3, -0.25) is 4.57 Å². The maximum atomic E-state index is 12.2. The van der Waals surface area contributed by atoms with Gasteiger partial charge >= 0.3 is 5.69 Å². The van der Waals surface area contributed by atoms with E-state index in [9.17, 15) is 4.79 Å². The third-order valence-corrected chi connectivity index (χ3v) is 2.86. The van der Waals surface area contributed by atoms with Gasteiger partial charge in [0.05, 0.1) is 5.69 Å². The number of hydrogen-bond donors (Lipinski definition) is 0. The molecule has 0 fully saturated rings. The zero-order valence-electron chi connectivity index (χ0n) is 10.2. The summed E-state index contributed by atoms with van der Waals surface area (Å²) >= 11 is 5.80. The van der Waals surface area contributed by atoms with Crippen molar-refractivity contribution in [2.24, 2.45) is 5.11 Å². The molecule has 2 aromatic rings. The fourth-order valence-corrected chi connectivity index (χ4v) is 1.82. The smallest absolute Gasteiger partial charge is 0.279 e. The summed E-state index contributed by atoms with van der Waals surface area (Å²) in [7, 11) is 0. The monoisotopic (exact) mass is 278 g/mol. The van der Waals surface area contributed by atoms with Crippen LogP contribution in [-0.2, 0) is 6.54 Å². The van der Waals surface area contributed by atoms with Gasteiger partial charge in [0.25, 0.3) is 0 Å². The summed E-state index contributed by atoms with van der Waals surface area (Å²) in [5, 5.41) is 8.18. The molecular weight excluding hydrogens is 268 g/mol. The Morgan fingerprint density at radius 3 is 2.74 bits per heavy atom. The molecule has 0 aliphatic heterocycles. The van der Waals surface area contributed by atoms with Crippen molar-refractivity contribution in [1.29, 1.82) is 0 Å². The maximum absolute atomic E-state index is 12.2. The van der Waals surface area contributed by atoms with Crippen LogP contribution in [-0.4, -0.2) is 20.9 Å². The first-order chi connectivity index (χ1) is 9.13. The molecule has 0 atom stereocenters. The van der Waals surface area contributed by atoms with Crippen LogP contribution in [0.3, 0.4) is 0 Å². The lowest BCUT2D eigenvalue weighted by molar-refractivity contribution is 0.655. The van der Waals surface area contributed by atoms with E-state index in [0.717, 1.165) is 0 Å². The van der Waals surface area contributed by atoms with E-state index in [1.165, 1.54) is 9.25 Å². The first kappa shape index (κ1) is 13.2. The van der Waals surface area contributed by atoms with Crippen molar-refractivity contribution in [3.05, 3.63) is 56.0 Å². The van der Waals surface area contributed by atoms with Crippen LogP contribution in [0.25, 0.3) is 16.1 Å². The van der Waals surface area contributed by atoms with E-state index in [1.807, 2.05) is 0 Å². The molecule has 0 bridgehead atoms. The lowest BCUT2D eigenvalue weighted by Crippen LogP contribution is -2.25. The number of rotatable bonds is 4. The Kier molecular flexibility index (Phi) is 3.89. The van der Waals surface area contributed by atoms with Crippen LogP contribution >= 0.6 is 11.6 Å². The molecule has 8 heteroatoms. The average molecular weight is 279 g/mol. The molecule has 1 aromatic heterocycles. The van der Waals surface area contributed by atoms with E-state index in [1.54, 1.807) is 31.2 Å². The third kappa shape index (κ3) is 2.78. The van der Waals surface area contributed by atoms with Crippen LogP contribution in [0.2, 0.25) is 5.02 Å². The van der Waals surface area contributed by atoms with Gasteiger partial charge in [-0.15, -0.1) is 0 Å². The minimum absolute atomic E-state index is 0.212. The second-order valence-electron chi connectivity index (χ2n) is 3.82. The van der Waals surface area contributed by atoms with Crippen LogP contribution in [0.4, 0.5) is 0 Å². The highest BCUT2D eigenvalue weighted by molar-refractivity contribution is 6.30. The summed E-state index contributed by atoms with van der Waals surface area (Å²) in [6, 6.07) is 6.82. The molecule has 0 saturated carbocycles. The van der Waals surface area contributed by atoms with Gasteiger partial charge in [0.2, 0.25) is 0 Å². The van der Waals surface area contributed by atoms with Gasteiger partial charge in [0.15, 0.2) is 0 Å². The maximum Gasteiger partial charge on any atom is 0.350 e. The van der Waals surface area contributed by atoms with Crippen LogP contribution < -0.4 is 5.69 Å². The zero-order chi connectivity index (χ0) is 13.8. The highest BCUT2D eigenvalue weighted by Gasteiger charge is 2.10. The van der Waals surface area contributed by atoms with E-state index >= 15 is 0 Å². The Morgan fingerprint density at radius 2 is 2.11 bits per heavy atom. The molecule has 0 amide bonds. The van der Waals surface area contributed by atoms with Crippen LogP contribution in [0.1, 0.15) is 5.82 Å². The van der Waals surface area contributed by atoms with Crippen molar-refractivity contribution < 1.29 is 0 Å². The van der Waals surface area contributed by atoms with Crippen molar-refractivity contribution in [2.75, 3.05) is 6.54 Å². The lowest BCUT2D eigenvalue weighted by Gasteiger charge is -1.99. The van der Waals surface area contributed by atoms with E-state index in [4.69, 9.17) is 17.1 Å². The molecule has 0 N–H and O–H groups in total. The zero-order valence-corrected chi connectivity index (χ0v) is 10.9. The molecule has 19 heavy (non-hydrogen) atoms. The standard InChI is InChI=1S/C11H11ClN6O/c1-8-15-18(10-4-2-9(12)3-5-10)11(19)17(8)7-6-14-16-13/h2-5H,6-7H2,1H3. The van der Waals surface area contributed by atoms with Gasteiger partial charge in [0, 0.05) is 23.0 Å². The van der Waals surface area contributed by atoms with E-state index in [-0.39, 0.29) is 12.2 Å². The molecule has 0 radical (unpaired) electrons.